The number of carbonyl (C=O) groups excluding carboxylic acids is 1. The smallest absolute Gasteiger partial charge is 0.170 e. The fourth-order valence-electron chi connectivity index (χ4n) is 2.69. The van der Waals surface area contributed by atoms with E-state index in [0.717, 1.165) is 36.1 Å². The van der Waals surface area contributed by atoms with Crippen LogP contribution in [0.4, 0.5) is 0 Å². The molecule has 92 valence electrons. The Labute approximate surface area is 103 Å². The first kappa shape index (κ1) is 12.3. The van der Waals surface area contributed by atoms with Crippen molar-refractivity contribution in [2.45, 2.75) is 33.1 Å². The van der Waals surface area contributed by atoms with Crippen molar-refractivity contribution in [3.8, 4) is 0 Å². The molecule has 0 atom stereocenters. The van der Waals surface area contributed by atoms with Crippen LogP contribution in [-0.4, -0.2) is 19.4 Å². The van der Waals surface area contributed by atoms with E-state index in [1.807, 2.05) is 33.0 Å². The Kier molecular flexibility index (Phi) is 3.34. The minimum atomic E-state index is -0.132. The molecule has 0 saturated heterocycles. The van der Waals surface area contributed by atoms with Crippen molar-refractivity contribution in [2.24, 2.45) is 5.41 Å². The maximum atomic E-state index is 12.7. The number of Topliss-reactive ketones (excluding diaryl/α,β-unsaturated/α-hetero) is 1. The highest BCUT2D eigenvalue weighted by atomic mass is 16.1. The van der Waals surface area contributed by atoms with Gasteiger partial charge >= 0.3 is 0 Å². The molecule has 1 fully saturated rings. The third-order valence-electron chi connectivity index (χ3n) is 3.95. The molecule has 0 unspecified atom stereocenters. The maximum absolute atomic E-state index is 12.7. The number of rotatable bonds is 4. The van der Waals surface area contributed by atoms with Crippen LogP contribution < -0.4 is 5.32 Å². The van der Waals surface area contributed by atoms with Gasteiger partial charge in [-0.1, -0.05) is 24.1 Å². The van der Waals surface area contributed by atoms with Crippen LogP contribution in [0.15, 0.2) is 18.2 Å². The lowest BCUT2D eigenvalue weighted by Crippen LogP contribution is -2.45. The third kappa shape index (κ3) is 2.14. The highest BCUT2D eigenvalue weighted by Gasteiger charge is 2.43. The van der Waals surface area contributed by atoms with Gasteiger partial charge in [0, 0.05) is 17.5 Å². The monoisotopic (exact) mass is 231 g/mol. The van der Waals surface area contributed by atoms with Gasteiger partial charge in [-0.3, -0.25) is 4.79 Å². The summed E-state index contributed by atoms with van der Waals surface area (Å²) in [5.41, 5.74) is 3.05. The summed E-state index contributed by atoms with van der Waals surface area (Å²) in [6.07, 6.45) is 3.23. The largest absolute Gasteiger partial charge is 0.319 e. The molecule has 0 heterocycles. The summed E-state index contributed by atoms with van der Waals surface area (Å²) in [6.45, 7) is 4.87. The zero-order valence-corrected chi connectivity index (χ0v) is 11.0. The Morgan fingerprint density at radius 1 is 1.35 bits per heavy atom. The molecular formula is C15H21NO. The van der Waals surface area contributed by atoms with Crippen molar-refractivity contribution in [1.82, 2.24) is 5.32 Å². The molecule has 1 N–H and O–H groups in total. The van der Waals surface area contributed by atoms with Gasteiger partial charge in [0.05, 0.1) is 0 Å². The molecule has 1 aliphatic carbocycles. The summed E-state index contributed by atoms with van der Waals surface area (Å²) in [5, 5.41) is 3.17. The molecule has 1 aromatic rings. The molecule has 17 heavy (non-hydrogen) atoms. The summed E-state index contributed by atoms with van der Waals surface area (Å²) in [4.78, 5) is 12.7. The van der Waals surface area contributed by atoms with Crippen molar-refractivity contribution >= 4 is 5.78 Å². The van der Waals surface area contributed by atoms with Gasteiger partial charge in [0.15, 0.2) is 5.78 Å². The Hall–Kier alpha value is -1.15. The number of benzene rings is 1. The van der Waals surface area contributed by atoms with E-state index in [1.54, 1.807) is 0 Å². The first-order chi connectivity index (χ1) is 8.09. The summed E-state index contributed by atoms with van der Waals surface area (Å²) in [7, 11) is 1.93. The number of carbonyl (C=O) groups is 1. The van der Waals surface area contributed by atoms with Crippen molar-refractivity contribution in [2.75, 3.05) is 13.6 Å². The number of aryl methyl sites for hydroxylation is 2. The van der Waals surface area contributed by atoms with Crippen LogP contribution >= 0.6 is 0 Å². The van der Waals surface area contributed by atoms with Gasteiger partial charge in [-0.15, -0.1) is 0 Å². The Morgan fingerprint density at radius 2 is 2.06 bits per heavy atom. The predicted molar refractivity (Wildman–Crippen MR) is 70.5 cm³/mol. The van der Waals surface area contributed by atoms with Crippen LogP contribution in [-0.2, 0) is 0 Å². The van der Waals surface area contributed by atoms with Gasteiger partial charge in [-0.2, -0.15) is 0 Å². The molecule has 2 nitrogen and oxygen atoms in total. The lowest BCUT2D eigenvalue weighted by molar-refractivity contribution is 0.0613. The van der Waals surface area contributed by atoms with Crippen LogP contribution in [0.3, 0.4) is 0 Å². The topological polar surface area (TPSA) is 29.1 Å². The van der Waals surface area contributed by atoms with Crippen LogP contribution in [0.2, 0.25) is 0 Å². The molecule has 0 aromatic heterocycles. The Bertz CT molecular complexity index is 433. The van der Waals surface area contributed by atoms with Crippen LogP contribution in [0.25, 0.3) is 0 Å². The maximum Gasteiger partial charge on any atom is 0.170 e. The minimum absolute atomic E-state index is 0.132. The fourth-order valence-corrected chi connectivity index (χ4v) is 2.69. The molecule has 1 aliphatic rings. The standard InChI is InChI=1S/C15H21NO/c1-11-5-6-12(2)13(9-11)14(17)15(10-16-3)7-4-8-15/h5-6,9,16H,4,7-8,10H2,1-3H3. The highest BCUT2D eigenvalue weighted by molar-refractivity contribution is 6.02. The molecule has 1 aromatic carbocycles. The SMILES string of the molecule is CNCC1(C(=O)c2cc(C)ccc2C)CCC1. The normalized spacial score (nSPS) is 17.6. The van der Waals surface area contributed by atoms with Gasteiger partial charge in [0.2, 0.25) is 0 Å². The lowest BCUT2D eigenvalue weighted by atomic mass is 9.64. The zero-order chi connectivity index (χ0) is 12.5. The van der Waals surface area contributed by atoms with Crippen molar-refractivity contribution in [3.05, 3.63) is 34.9 Å². The van der Waals surface area contributed by atoms with Crippen molar-refractivity contribution in [3.63, 3.8) is 0 Å². The Morgan fingerprint density at radius 3 is 2.59 bits per heavy atom. The van der Waals surface area contributed by atoms with E-state index in [4.69, 9.17) is 0 Å². The predicted octanol–water partition coefficient (Wildman–Crippen LogP) is 2.88. The van der Waals surface area contributed by atoms with Gasteiger partial charge in [-0.25, -0.2) is 0 Å². The second kappa shape index (κ2) is 4.61. The van der Waals surface area contributed by atoms with E-state index in [2.05, 4.69) is 11.4 Å². The van der Waals surface area contributed by atoms with Crippen LogP contribution in [0, 0.1) is 19.3 Å². The third-order valence-corrected chi connectivity index (χ3v) is 3.95. The molecule has 0 bridgehead atoms. The molecule has 2 heteroatoms. The zero-order valence-electron chi connectivity index (χ0n) is 11.0. The fraction of sp³-hybridized carbons (Fsp3) is 0.533. The second-order valence-corrected chi connectivity index (χ2v) is 5.31. The average molecular weight is 231 g/mol. The van der Waals surface area contributed by atoms with E-state index in [9.17, 15) is 4.79 Å². The van der Waals surface area contributed by atoms with E-state index in [1.165, 1.54) is 6.42 Å². The van der Waals surface area contributed by atoms with Crippen molar-refractivity contribution in [1.29, 1.82) is 0 Å². The van der Waals surface area contributed by atoms with Gasteiger partial charge in [-0.05, 0) is 45.4 Å². The van der Waals surface area contributed by atoms with Gasteiger partial charge < -0.3 is 5.32 Å². The van der Waals surface area contributed by atoms with Crippen molar-refractivity contribution < 1.29 is 4.79 Å². The minimum Gasteiger partial charge on any atom is -0.319 e. The number of ketones is 1. The molecule has 1 saturated carbocycles. The molecule has 0 aliphatic heterocycles. The number of hydrogen-bond donors (Lipinski definition) is 1. The molecule has 0 amide bonds. The van der Waals surface area contributed by atoms with Gasteiger partial charge in [0.25, 0.3) is 0 Å². The second-order valence-electron chi connectivity index (χ2n) is 5.31. The molecule has 0 spiro atoms. The average Bonchev–Trinajstić information content (AvgIpc) is 2.26. The molecule has 2 rings (SSSR count). The first-order valence-electron chi connectivity index (χ1n) is 6.36. The van der Waals surface area contributed by atoms with E-state index in [0.29, 0.717) is 5.78 Å². The number of hydrogen-bond acceptors (Lipinski definition) is 2. The molecule has 0 radical (unpaired) electrons. The Balaban J connectivity index is 2.32. The van der Waals surface area contributed by atoms with E-state index >= 15 is 0 Å². The first-order valence-corrected chi connectivity index (χ1v) is 6.36. The summed E-state index contributed by atoms with van der Waals surface area (Å²) in [5.74, 6) is 0.333. The summed E-state index contributed by atoms with van der Waals surface area (Å²) < 4.78 is 0. The van der Waals surface area contributed by atoms with Gasteiger partial charge in [0.1, 0.15) is 0 Å². The van der Waals surface area contributed by atoms with Crippen LogP contribution in [0.1, 0.15) is 40.7 Å². The number of nitrogens with one attached hydrogen (secondary N) is 1. The summed E-state index contributed by atoms with van der Waals surface area (Å²) in [6, 6.07) is 6.15. The van der Waals surface area contributed by atoms with E-state index in [-0.39, 0.29) is 5.41 Å². The van der Waals surface area contributed by atoms with E-state index < -0.39 is 0 Å². The molecular weight excluding hydrogens is 210 g/mol. The van der Waals surface area contributed by atoms with Crippen LogP contribution in [0.5, 0.6) is 0 Å². The highest BCUT2D eigenvalue weighted by Crippen LogP contribution is 2.43. The summed E-state index contributed by atoms with van der Waals surface area (Å²) >= 11 is 0. The quantitative estimate of drug-likeness (QED) is 0.807. The lowest BCUT2D eigenvalue weighted by Gasteiger charge is -2.40.